The average Bonchev–Trinajstić information content (AvgIpc) is 2.63. The molecule has 3 N–H and O–H groups in total. The van der Waals surface area contributed by atoms with Crippen LogP contribution in [-0.2, 0) is 9.59 Å². The number of hydrogen-bond donors (Lipinski definition) is 2. The number of nitrogens with two attached hydrogens (primary N) is 1. The molecule has 0 unspecified atom stereocenters. The number of methoxy groups -OCH3 is 1. The van der Waals surface area contributed by atoms with Gasteiger partial charge >= 0.3 is 0 Å². The number of carboxylic acids is 2. The zero-order valence-electron chi connectivity index (χ0n) is 14.7. The molecule has 0 bridgehead atoms. The molecule has 0 atom stereocenters. The molecule has 1 aromatic carbocycles. The van der Waals surface area contributed by atoms with E-state index in [2.05, 4.69) is 5.43 Å². The largest absolute Gasteiger partial charge is 0.545 e. The molecule has 1 aliphatic rings. The van der Waals surface area contributed by atoms with Gasteiger partial charge in [0.15, 0.2) is 0 Å². The number of anilines is 1. The van der Waals surface area contributed by atoms with Gasteiger partial charge in [-0.25, -0.2) is 5.01 Å². The molecule has 0 saturated carbocycles. The number of aliphatic carboxylic acids is 2. The summed E-state index contributed by atoms with van der Waals surface area (Å²) in [6.07, 6.45) is 4.17. The Morgan fingerprint density at radius 1 is 1.15 bits per heavy atom. The minimum Gasteiger partial charge on any atom is -0.545 e. The Morgan fingerprint density at radius 2 is 1.70 bits per heavy atom. The summed E-state index contributed by atoms with van der Waals surface area (Å²) in [7, 11) is 1.50. The van der Waals surface area contributed by atoms with Crippen LogP contribution >= 0.6 is 11.6 Å². The topological polar surface area (TPSA) is 148 Å². The number of hydrogen-bond acceptors (Lipinski definition) is 8. The third-order valence-electron chi connectivity index (χ3n) is 3.53. The third kappa shape index (κ3) is 7.97. The summed E-state index contributed by atoms with van der Waals surface area (Å²) in [6.45, 7) is 1.74. The van der Waals surface area contributed by atoms with E-state index in [-0.39, 0.29) is 5.91 Å². The number of benzene rings is 1. The van der Waals surface area contributed by atoms with Crippen LogP contribution in [0.1, 0.15) is 29.6 Å². The Hall–Kier alpha value is -2.78. The molecular weight excluding hydrogens is 378 g/mol. The lowest BCUT2D eigenvalue weighted by Gasteiger charge is -2.27. The molecule has 1 aliphatic heterocycles. The van der Waals surface area contributed by atoms with Gasteiger partial charge in [0.25, 0.3) is 5.91 Å². The van der Waals surface area contributed by atoms with Crippen molar-refractivity contribution in [2.75, 3.05) is 25.9 Å². The second kappa shape index (κ2) is 11.0. The molecule has 1 aromatic rings. The van der Waals surface area contributed by atoms with Crippen molar-refractivity contribution in [1.82, 2.24) is 10.4 Å². The lowest BCUT2D eigenvalue weighted by atomic mass is 10.1. The highest BCUT2D eigenvalue weighted by Gasteiger charge is 2.18. The smallest absolute Gasteiger partial charge is 0.269 e. The number of nitrogens with one attached hydrogen (secondary N) is 1. The maximum absolute atomic E-state index is 12.2. The maximum Gasteiger partial charge on any atom is 0.269 e. The van der Waals surface area contributed by atoms with Gasteiger partial charge in [-0.05, 0) is 31.1 Å². The van der Waals surface area contributed by atoms with Crippen LogP contribution in [0, 0.1) is 0 Å². The molecule has 0 aliphatic carbocycles. The standard InChI is InChI=1S/C13H18ClN3O2.C4H4O4/c1-19-12-8-11(15)10(14)7-9(12)13(18)16-17-5-3-2-4-6-17;5-3(6)1-2-4(7)8/h7-8H,2-6,15H2,1H3,(H,16,18);1-2H,(H,5,6)(H,7,8)/p-2/b;2-1+. The zero-order valence-corrected chi connectivity index (χ0v) is 15.5. The number of halogens is 1. The Balaban J connectivity index is 0.000000387. The summed E-state index contributed by atoms with van der Waals surface area (Å²) >= 11 is 5.96. The summed E-state index contributed by atoms with van der Waals surface area (Å²) in [5, 5.41) is 21.1. The van der Waals surface area contributed by atoms with Crippen molar-refractivity contribution >= 4 is 35.1 Å². The monoisotopic (exact) mass is 397 g/mol. The number of ether oxygens (including phenoxy) is 1. The number of carbonyl (C=O) groups excluding carboxylic acids is 3. The highest BCUT2D eigenvalue weighted by Crippen LogP contribution is 2.28. The van der Waals surface area contributed by atoms with Gasteiger partial charge in [-0.2, -0.15) is 0 Å². The molecule has 0 spiro atoms. The molecule has 27 heavy (non-hydrogen) atoms. The van der Waals surface area contributed by atoms with Crippen LogP contribution in [0.25, 0.3) is 0 Å². The quantitative estimate of drug-likeness (QED) is 0.480. The Kier molecular flexibility index (Phi) is 9.11. The van der Waals surface area contributed by atoms with Crippen LogP contribution in [0.3, 0.4) is 0 Å². The molecule has 0 radical (unpaired) electrons. The summed E-state index contributed by atoms with van der Waals surface area (Å²) in [4.78, 5) is 31.1. The van der Waals surface area contributed by atoms with Crippen molar-refractivity contribution in [3.05, 3.63) is 34.9 Å². The Bertz CT molecular complexity index is 701. The SMILES string of the molecule is COc1cc(N)c(Cl)cc1C(=O)NN1CCCCC1.O=C([O-])/C=C/C(=O)[O-]. The predicted molar refractivity (Wildman–Crippen MR) is 94.5 cm³/mol. The molecule has 1 heterocycles. The molecule has 10 heteroatoms. The van der Waals surface area contributed by atoms with E-state index in [4.69, 9.17) is 22.1 Å². The first-order chi connectivity index (χ1) is 12.7. The van der Waals surface area contributed by atoms with E-state index in [0.29, 0.717) is 34.2 Å². The lowest BCUT2D eigenvalue weighted by Crippen LogP contribution is -2.45. The van der Waals surface area contributed by atoms with Gasteiger partial charge in [-0.15, -0.1) is 0 Å². The van der Waals surface area contributed by atoms with Gasteiger partial charge < -0.3 is 30.3 Å². The van der Waals surface area contributed by atoms with Gasteiger partial charge in [0.2, 0.25) is 0 Å². The average molecular weight is 398 g/mol. The molecule has 148 valence electrons. The number of carbonyl (C=O) groups is 3. The van der Waals surface area contributed by atoms with Crippen molar-refractivity contribution in [1.29, 1.82) is 0 Å². The van der Waals surface area contributed by atoms with Gasteiger partial charge in [0.05, 0.1) is 35.3 Å². The summed E-state index contributed by atoms with van der Waals surface area (Å²) in [6, 6.07) is 3.10. The van der Waals surface area contributed by atoms with E-state index in [1.54, 1.807) is 6.07 Å². The first-order valence-electron chi connectivity index (χ1n) is 8.03. The maximum atomic E-state index is 12.2. The molecular formula is C17H20ClN3O6-2. The third-order valence-corrected chi connectivity index (χ3v) is 3.86. The van der Waals surface area contributed by atoms with E-state index >= 15 is 0 Å². The van der Waals surface area contributed by atoms with E-state index in [9.17, 15) is 24.6 Å². The van der Waals surface area contributed by atoms with Crippen LogP contribution in [0.15, 0.2) is 24.3 Å². The van der Waals surface area contributed by atoms with Crippen molar-refractivity contribution in [2.24, 2.45) is 0 Å². The van der Waals surface area contributed by atoms with Crippen LogP contribution in [0.4, 0.5) is 5.69 Å². The van der Waals surface area contributed by atoms with Crippen LogP contribution in [0.5, 0.6) is 5.75 Å². The van der Waals surface area contributed by atoms with Crippen molar-refractivity contribution in [2.45, 2.75) is 19.3 Å². The van der Waals surface area contributed by atoms with Crippen molar-refractivity contribution in [3.8, 4) is 5.75 Å². The van der Waals surface area contributed by atoms with Gasteiger partial charge in [0, 0.05) is 19.2 Å². The highest BCUT2D eigenvalue weighted by molar-refractivity contribution is 6.33. The summed E-state index contributed by atoms with van der Waals surface area (Å²) < 4.78 is 5.17. The minimum absolute atomic E-state index is 0.222. The normalized spacial score (nSPS) is 14.1. The molecule has 9 nitrogen and oxygen atoms in total. The summed E-state index contributed by atoms with van der Waals surface area (Å²) in [5.74, 6) is -2.89. The fraction of sp³-hybridized carbons (Fsp3) is 0.353. The van der Waals surface area contributed by atoms with Gasteiger partial charge in [0.1, 0.15) is 5.75 Å². The number of carboxylic acid groups (broad SMARTS) is 2. The fourth-order valence-corrected chi connectivity index (χ4v) is 2.42. The second-order valence-corrected chi connectivity index (χ2v) is 5.94. The first kappa shape index (κ1) is 22.3. The summed E-state index contributed by atoms with van der Waals surface area (Å²) in [5.41, 5.74) is 9.36. The first-order valence-corrected chi connectivity index (χ1v) is 8.41. The zero-order chi connectivity index (χ0) is 20.4. The number of hydrazine groups is 1. The number of nitrogens with zero attached hydrogens (tertiary/aromatic N) is 1. The molecule has 2 rings (SSSR count). The molecule has 1 saturated heterocycles. The molecule has 0 aromatic heterocycles. The fourth-order valence-electron chi connectivity index (χ4n) is 2.26. The number of amides is 1. The Labute approximate surface area is 161 Å². The molecule has 1 fully saturated rings. The molecule has 1 amide bonds. The van der Waals surface area contributed by atoms with Crippen LogP contribution in [-0.4, -0.2) is 43.1 Å². The van der Waals surface area contributed by atoms with Crippen molar-refractivity contribution in [3.63, 3.8) is 0 Å². The van der Waals surface area contributed by atoms with E-state index in [1.807, 2.05) is 5.01 Å². The van der Waals surface area contributed by atoms with Crippen LogP contribution in [0.2, 0.25) is 5.02 Å². The number of rotatable bonds is 5. The van der Waals surface area contributed by atoms with E-state index in [0.717, 1.165) is 25.9 Å². The highest BCUT2D eigenvalue weighted by atomic mass is 35.5. The lowest BCUT2D eigenvalue weighted by molar-refractivity contribution is -0.301. The van der Waals surface area contributed by atoms with Crippen LogP contribution < -0.4 is 26.1 Å². The minimum atomic E-state index is -1.55. The van der Waals surface area contributed by atoms with Gasteiger partial charge in [-0.1, -0.05) is 18.0 Å². The second-order valence-electron chi connectivity index (χ2n) is 5.53. The predicted octanol–water partition coefficient (Wildman–Crippen LogP) is -0.896. The Morgan fingerprint density at radius 3 is 2.19 bits per heavy atom. The van der Waals surface area contributed by atoms with E-state index < -0.39 is 11.9 Å². The van der Waals surface area contributed by atoms with Crippen molar-refractivity contribution < 1.29 is 29.3 Å². The van der Waals surface area contributed by atoms with Gasteiger partial charge in [-0.3, -0.25) is 10.2 Å². The number of nitrogen functional groups attached to an aromatic ring is 1. The van der Waals surface area contributed by atoms with E-state index in [1.165, 1.54) is 19.6 Å². The number of piperidine rings is 1.